The topological polar surface area (TPSA) is 48.7 Å². The van der Waals surface area contributed by atoms with Crippen LogP contribution in [0, 0.1) is 0 Å². The second-order valence-electron chi connectivity index (χ2n) is 4.77. The zero-order chi connectivity index (χ0) is 14.8. The number of hydrogen-bond donors (Lipinski definition) is 0. The van der Waals surface area contributed by atoms with Gasteiger partial charge in [-0.3, -0.25) is 4.79 Å². The fraction of sp³-hybridized carbons (Fsp3) is 0.312. The van der Waals surface area contributed by atoms with Gasteiger partial charge in [0.15, 0.2) is 17.3 Å². The number of furan rings is 1. The number of benzene rings is 1. The Morgan fingerprint density at radius 3 is 2.62 bits per heavy atom. The fourth-order valence-corrected chi connectivity index (χ4v) is 2.56. The van der Waals surface area contributed by atoms with Crippen molar-refractivity contribution in [2.24, 2.45) is 0 Å². The van der Waals surface area contributed by atoms with Gasteiger partial charge >= 0.3 is 0 Å². The number of ketones is 1. The van der Waals surface area contributed by atoms with E-state index in [0.717, 1.165) is 6.42 Å². The molecule has 1 aromatic heterocycles. The van der Waals surface area contributed by atoms with E-state index in [1.807, 2.05) is 6.92 Å². The molecule has 0 bridgehead atoms. The molecule has 2 aromatic rings. The quantitative estimate of drug-likeness (QED) is 0.807. The number of carbonyl (C=O) groups excluding carboxylic acids is 1. The summed E-state index contributed by atoms with van der Waals surface area (Å²) in [7, 11) is 0. The molecule has 0 atom stereocenters. The molecule has 0 aliphatic carbocycles. The molecule has 0 unspecified atom stereocenters. The van der Waals surface area contributed by atoms with Crippen molar-refractivity contribution in [3.8, 4) is 11.5 Å². The minimum absolute atomic E-state index is 0.166. The number of hydrogen-bond acceptors (Lipinski definition) is 4. The van der Waals surface area contributed by atoms with E-state index in [2.05, 4.69) is 0 Å². The van der Waals surface area contributed by atoms with Crippen LogP contribution in [0.1, 0.15) is 35.0 Å². The Morgan fingerprint density at radius 1 is 1.19 bits per heavy atom. The molecule has 0 radical (unpaired) electrons. The van der Waals surface area contributed by atoms with Crippen molar-refractivity contribution in [1.82, 2.24) is 0 Å². The second kappa shape index (κ2) is 5.82. The van der Waals surface area contributed by atoms with Crippen molar-refractivity contribution in [1.29, 1.82) is 0 Å². The molecule has 3 rings (SSSR count). The fourth-order valence-electron chi connectivity index (χ4n) is 2.32. The highest BCUT2D eigenvalue weighted by Crippen LogP contribution is 2.36. The lowest BCUT2D eigenvalue weighted by molar-refractivity contribution is 0.103. The maximum absolute atomic E-state index is 12.6. The SMILES string of the molecule is CCc1occc1C(=O)c1cc2c(cc1Cl)OCCCO2. The Bertz CT molecular complexity index is 675. The van der Waals surface area contributed by atoms with Gasteiger partial charge in [-0.2, -0.15) is 0 Å². The van der Waals surface area contributed by atoms with Crippen LogP contribution in [0.5, 0.6) is 11.5 Å². The lowest BCUT2D eigenvalue weighted by Crippen LogP contribution is -2.05. The monoisotopic (exact) mass is 306 g/mol. The number of carbonyl (C=O) groups is 1. The molecule has 1 aliphatic rings. The zero-order valence-corrected chi connectivity index (χ0v) is 12.4. The van der Waals surface area contributed by atoms with Gasteiger partial charge in [0.1, 0.15) is 5.76 Å². The van der Waals surface area contributed by atoms with Crippen LogP contribution in [0.4, 0.5) is 0 Å². The summed E-state index contributed by atoms with van der Waals surface area (Å²) in [5, 5.41) is 0.354. The third-order valence-corrected chi connectivity index (χ3v) is 3.71. The first kappa shape index (κ1) is 14.0. The highest BCUT2D eigenvalue weighted by atomic mass is 35.5. The minimum Gasteiger partial charge on any atom is -0.490 e. The van der Waals surface area contributed by atoms with Gasteiger partial charge in [-0.15, -0.1) is 0 Å². The Balaban J connectivity index is 2.02. The molecule has 1 aliphatic heterocycles. The first-order chi connectivity index (χ1) is 10.2. The van der Waals surface area contributed by atoms with Gasteiger partial charge in [-0.1, -0.05) is 18.5 Å². The van der Waals surface area contributed by atoms with E-state index in [-0.39, 0.29) is 5.78 Å². The zero-order valence-electron chi connectivity index (χ0n) is 11.6. The van der Waals surface area contributed by atoms with Crippen LogP contribution < -0.4 is 9.47 Å². The molecule has 4 nitrogen and oxygen atoms in total. The molecule has 0 amide bonds. The number of rotatable bonds is 3. The molecule has 1 aromatic carbocycles. The van der Waals surface area contributed by atoms with Gasteiger partial charge < -0.3 is 13.9 Å². The molecule has 0 saturated heterocycles. The van der Waals surface area contributed by atoms with Crippen molar-refractivity contribution in [3.63, 3.8) is 0 Å². The molecular weight excluding hydrogens is 292 g/mol. The van der Waals surface area contributed by atoms with E-state index < -0.39 is 0 Å². The van der Waals surface area contributed by atoms with Crippen molar-refractivity contribution in [2.75, 3.05) is 13.2 Å². The lowest BCUT2D eigenvalue weighted by atomic mass is 10.0. The van der Waals surface area contributed by atoms with Crippen LogP contribution in [0.3, 0.4) is 0 Å². The van der Waals surface area contributed by atoms with E-state index in [4.69, 9.17) is 25.5 Å². The smallest absolute Gasteiger partial charge is 0.198 e. The summed E-state index contributed by atoms with van der Waals surface area (Å²) < 4.78 is 16.5. The van der Waals surface area contributed by atoms with Crippen molar-refractivity contribution in [3.05, 3.63) is 46.4 Å². The minimum atomic E-state index is -0.166. The van der Waals surface area contributed by atoms with Gasteiger partial charge in [0.05, 0.1) is 30.1 Å². The van der Waals surface area contributed by atoms with Crippen LogP contribution in [0.2, 0.25) is 5.02 Å². The van der Waals surface area contributed by atoms with E-state index in [1.54, 1.807) is 18.2 Å². The van der Waals surface area contributed by atoms with Gasteiger partial charge in [-0.25, -0.2) is 0 Å². The van der Waals surface area contributed by atoms with Crippen molar-refractivity contribution < 1.29 is 18.7 Å². The Kier molecular flexibility index (Phi) is 3.88. The van der Waals surface area contributed by atoms with Crippen LogP contribution in [-0.4, -0.2) is 19.0 Å². The Labute approximate surface area is 127 Å². The van der Waals surface area contributed by atoms with E-state index in [9.17, 15) is 4.79 Å². The highest BCUT2D eigenvalue weighted by Gasteiger charge is 2.22. The summed E-state index contributed by atoms with van der Waals surface area (Å²) in [5.41, 5.74) is 0.936. The highest BCUT2D eigenvalue weighted by molar-refractivity contribution is 6.35. The predicted octanol–water partition coefficient (Wildman–Crippen LogP) is 3.89. The number of fused-ring (bicyclic) bond motifs is 1. The predicted molar refractivity (Wildman–Crippen MR) is 78.6 cm³/mol. The number of aryl methyl sites for hydroxylation is 1. The average molecular weight is 307 g/mol. The second-order valence-corrected chi connectivity index (χ2v) is 5.18. The van der Waals surface area contributed by atoms with Crippen LogP contribution in [0.25, 0.3) is 0 Å². The Hall–Kier alpha value is -1.94. The van der Waals surface area contributed by atoms with Crippen LogP contribution in [-0.2, 0) is 6.42 Å². The standard InChI is InChI=1S/C16H15ClO4/c1-2-13-10(4-7-21-13)16(18)11-8-14-15(9-12(11)17)20-6-3-5-19-14/h4,7-9H,2-3,5-6H2,1H3. The molecule has 2 heterocycles. The first-order valence-corrected chi connectivity index (χ1v) is 7.28. The molecule has 0 spiro atoms. The summed E-state index contributed by atoms with van der Waals surface area (Å²) >= 11 is 6.23. The van der Waals surface area contributed by atoms with E-state index in [1.165, 1.54) is 6.26 Å². The van der Waals surface area contributed by atoms with Gasteiger partial charge in [0, 0.05) is 24.5 Å². The lowest BCUT2D eigenvalue weighted by Gasteiger charge is -2.10. The van der Waals surface area contributed by atoms with Crippen molar-refractivity contribution >= 4 is 17.4 Å². The van der Waals surface area contributed by atoms with Crippen LogP contribution >= 0.6 is 11.6 Å². The number of ether oxygens (including phenoxy) is 2. The van der Waals surface area contributed by atoms with E-state index >= 15 is 0 Å². The van der Waals surface area contributed by atoms with Crippen LogP contribution in [0.15, 0.2) is 28.9 Å². The molecule has 0 N–H and O–H groups in total. The molecule has 0 fully saturated rings. The molecule has 0 saturated carbocycles. The molecule has 21 heavy (non-hydrogen) atoms. The molecular formula is C16H15ClO4. The third kappa shape index (κ3) is 2.63. The summed E-state index contributed by atoms with van der Waals surface area (Å²) in [6.45, 7) is 3.08. The average Bonchev–Trinajstić information content (AvgIpc) is 2.85. The molecule has 5 heteroatoms. The number of halogens is 1. The van der Waals surface area contributed by atoms with Gasteiger partial charge in [-0.05, 0) is 12.1 Å². The first-order valence-electron chi connectivity index (χ1n) is 6.91. The summed E-state index contributed by atoms with van der Waals surface area (Å²) in [6, 6.07) is 4.96. The molecule has 110 valence electrons. The maximum Gasteiger partial charge on any atom is 0.198 e. The van der Waals surface area contributed by atoms with Crippen molar-refractivity contribution in [2.45, 2.75) is 19.8 Å². The normalized spacial score (nSPS) is 13.8. The van der Waals surface area contributed by atoms with Gasteiger partial charge in [0.25, 0.3) is 0 Å². The Morgan fingerprint density at radius 2 is 1.90 bits per heavy atom. The van der Waals surface area contributed by atoms with Gasteiger partial charge in [0.2, 0.25) is 0 Å². The summed E-state index contributed by atoms with van der Waals surface area (Å²) in [6.07, 6.45) is 2.97. The summed E-state index contributed by atoms with van der Waals surface area (Å²) in [4.78, 5) is 12.6. The largest absolute Gasteiger partial charge is 0.490 e. The third-order valence-electron chi connectivity index (χ3n) is 3.39. The van der Waals surface area contributed by atoms with E-state index in [0.29, 0.717) is 53.0 Å². The summed E-state index contributed by atoms with van der Waals surface area (Å²) in [5.74, 6) is 1.63. The maximum atomic E-state index is 12.6.